The van der Waals surface area contributed by atoms with Crippen LogP contribution < -0.4 is 5.73 Å². The molecule has 78 valence electrons. The number of aromatic nitrogens is 4. The third kappa shape index (κ3) is 1.97. The molecular weight excluding hydrogens is 198 g/mol. The van der Waals surface area contributed by atoms with Crippen molar-refractivity contribution in [1.82, 2.24) is 20.1 Å². The van der Waals surface area contributed by atoms with Crippen LogP contribution in [0, 0.1) is 0 Å². The van der Waals surface area contributed by atoms with E-state index >= 15 is 0 Å². The Morgan fingerprint density at radius 3 is 3.00 bits per heavy atom. The Balaban J connectivity index is 2.28. The van der Waals surface area contributed by atoms with Gasteiger partial charge in [0.1, 0.15) is 11.7 Å². The summed E-state index contributed by atoms with van der Waals surface area (Å²) in [6, 6.07) is -0.664. The zero-order valence-electron chi connectivity index (χ0n) is 7.74. The summed E-state index contributed by atoms with van der Waals surface area (Å²) >= 11 is 0. The first-order valence-electron chi connectivity index (χ1n) is 4.27. The first-order chi connectivity index (χ1) is 7.31. The normalized spacial score (nSPS) is 12.7. The molecule has 1 atom stereocenters. The molecule has 2 rings (SSSR count). The van der Waals surface area contributed by atoms with Crippen molar-refractivity contribution in [2.24, 2.45) is 5.73 Å². The van der Waals surface area contributed by atoms with Crippen LogP contribution in [0.1, 0.15) is 11.9 Å². The molecule has 0 fully saturated rings. The molecule has 0 aromatic carbocycles. The SMILES string of the molecule is NC(CO)c1nc(-c2cnccn2)no1. The fraction of sp³-hybridized carbons (Fsp3) is 0.250. The average molecular weight is 207 g/mol. The van der Waals surface area contributed by atoms with Gasteiger partial charge in [-0.1, -0.05) is 5.16 Å². The molecule has 0 aliphatic heterocycles. The van der Waals surface area contributed by atoms with Gasteiger partial charge < -0.3 is 15.4 Å². The van der Waals surface area contributed by atoms with Crippen LogP contribution in [-0.4, -0.2) is 31.8 Å². The van der Waals surface area contributed by atoms with Gasteiger partial charge in [-0.15, -0.1) is 0 Å². The van der Waals surface area contributed by atoms with Gasteiger partial charge in [0, 0.05) is 12.4 Å². The first-order valence-corrected chi connectivity index (χ1v) is 4.27. The van der Waals surface area contributed by atoms with Gasteiger partial charge in [0.15, 0.2) is 0 Å². The Morgan fingerprint density at radius 1 is 1.47 bits per heavy atom. The van der Waals surface area contributed by atoms with Gasteiger partial charge >= 0.3 is 0 Å². The molecule has 0 saturated carbocycles. The maximum Gasteiger partial charge on any atom is 0.246 e. The maximum absolute atomic E-state index is 8.79. The van der Waals surface area contributed by atoms with Crippen molar-refractivity contribution in [3.8, 4) is 11.5 Å². The summed E-state index contributed by atoms with van der Waals surface area (Å²) in [7, 11) is 0. The Bertz CT molecular complexity index is 430. The predicted octanol–water partition coefficient (Wildman–Crippen LogP) is -0.481. The highest BCUT2D eigenvalue weighted by atomic mass is 16.5. The highest BCUT2D eigenvalue weighted by Gasteiger charge is 2.15. The van der Waals surface area contributed by atoms with Crippen LogP contribution in [0.4, 0.5) is 0 Å². The fourth-order valence-corrected chi connectivity index (χ4v) is 0.983. The highest BCUT2D eigenvalue weighted by Crippen LogP contribution is 2.13. The van der Waals surface area contributed by atoms with Gasteiger partial charge in [-0.2, -0.15) is 4.98 Å². The molecule has 7 heteroatoms. The van der Waals surface area contributed by atoms with Gasteiger partial charge in [0.25, 0.3) is 0 Å². The number of nitrogens with zero attached hydrogens (tertiary/aromatic N) is 4. The van der Waals surface area contributed by atoms with Crippen molar-refractivity contribution in [2.75, 3.05) is 6.61 Å². The molecule has 0 saturated heterocycles. The second-order valence-corrected chi connectivity index (χ2v) is 2.84. The zero-order valence-corrected chi connectivity index (χ0v) is 7.74. The Labute approximate surface area is 85.0 Å². The molecule has 0 spiro atoms. The minimum atomic E-state index is -0.664. The summed E-state index contributed by atoms with van der Waals surface area (Å²) in [5.74, 6) is 0.486. The smallest absolute Gasteiger partial charge is 0.246 e. The van der Waals surface area contributed by atoms with E-state index in [1.54, 1.807) is 6.20 Å². The van der Waals surface area contributed by atoms with E-state index in [9.17, 15) is 0 Å². The van der Waals surface area contributed by atoms with Crippen molar-refractivity contribution in [3.63, 3.8) is 0 Å². The molecule has 15 heavy (non-hydrogen) atoms. The van der Waals surface area contributed by atoms with E-state index in [0.29, 0.717) is 11.5 Å². The summed E-state index contributed by atoms with van der Waals surface area (Å²) in [5.41, 5.74) is 6.00. The molecule has 2 aromatic rings. The number of hydrogen-bond donors (Lipinski definition) is 2. The predicted molar refractivity (Wildman–Crippen MR) is 49.3 cm³/mol. The van der Waals surface area contributed by atoms with E-state index < -0.39 is 6.04 Å². The van der Waals surface area contributed by atoms with Crippen molar-refractivity contribution in [2.45, 2.75) is 6.04 Å². The largest absolute Gasteiger partial charge is 0.394 e. The second kappa shape index (κ2) is 4.11. The molecule has 1 unspecified atom stereocenters. The lowest BCUT2D eigenvalue weighted by Gasteiger charge is -1.98. The van der Waals surface area contributed by atoms with Gasteiger partial charge in [0.05, 0.1) is 12.8 Å². The average Bonchev–Trinajstić information content (AvgIpc) is 2.78. The van der Waals surface area contributed by atoms with Crippen LogP contribution in [0.5, 0.6) is 0 Å². The molecule has 0 aliphatic rings. The summed E-state index contributed by atoms with van der Waals surface area (Å²) < 4.78 is 4.86. The van der Waals surface area contributed by atoms with Crippen LogP contribution in [0.2, 0.25) is 0 Å². The second-order valence-electron chi connectivity index (χ2n) is 2.84. The van der Waals surface area contributed by atoms with Crippen molar-refractivity contribution >= 4 is 0 Å². The van der Waals surface area contributed by atoms with Crippen molar-refractivity contribution < 1.29 is 9.63 Å². The topological polar surface area (TPSA) is 111 Å². The van der Waals surface area contributed by atoms with Gasteiger partial charge in [-0.3, -0.25) is 4.98 Å². The minimum absolute atomic E-state index is 0.179. The molecule has 3 N–H and O–H groups in total. The highest BCUT2D eigenvalue weighted by molar-refractivity contribution is 5.45. The monoisotopic (exact) mass is 207 g/mol. The lowest BCUT2D eigenvalue weighted by molar-refractivity contribution is 0.237. The molecule has 0 radical (unpaired) electrons. The maximum atomic E-state index is 8.79. The van der Waals surface area contributed by atoms with Gasteiger partial charge in [-0.05, 0) is 0 Å². The van der Waals surface area contributed by atoms with E-state index in [-0.39, 0.29) is 12.5 Å². The van der Waals surface area contributed by atoms with Crippen LogP contribution >= 0.6 is 0 Å². The number of hydrogen-bond acceptors (Lipinski definition) is 7. The Hall–Kier alpha value is -1.86. The number of nitrogens with two attached hydrogens (primary N) is 1. The number of rotatable bonds is 3. The van der Waals surface area contributed by atoms with Crippen LogP contribution in [0.25, 0.3) is 11.5 Å². The van der Waals surface area contributed by atoms with Gasteiger partial charge in [-0.25, -0.2) is 4.98 Å². The van der Waals surface area contributed by atoms with E-state index in [1.165, 1.54) is 12.4 Å². The molecule has 2 aromatic heterocycles. The Kier molecular flexibility index (Phi) is 2.66. The third-order valence-corrected chi connectivity index (χ3v) is 1.75. The van der Waals surface area contributed by atoms with E-state index in [1.807, 2.05) is 0 Å². The molecule has 7 nitrogen and oxygen atoms in total. The summed E-state index contributed by atoms with van der Waals surface area (Å²) in [5, 5.41) is 12.5. The van der Waals surface area contributed by atoms with Crippen LogP contribution in [-0.2, 0) is 0 Å². The summed E-state index contributed by atoms with van der Waals surface area (Å²) in [4.78, 5) is 11.9. The van der Waals surface area contributed by atoms with E-state index in [2.05, 4.69) is 20.1 Å². The van der Waals surface area contributed by atoms with E-state index in [0.717, 1.165) is 0 Å². The molecule has 0 aliphatic carbocycles. The first kappa shape index (κ1) is 9.69. The molecule has 0 bridgehead atoms. The van der Waals surface area contributed by atoms with Crippen LogP contribution in [0.3, 0.4) is 0 Å². The molecule has 2 heterocycles. The lowest BCUT2D eigenvalue weighted by atomic mass is 10.3. The van der Waals surface area contributed by atoms with Crippen LogP contribution in [0.15, 0.2) is 23.1 Å². The molecular formula is C8H9N5O2. The zero-order chi connectivity index (χ0) is 10.7. The minimum Gasteiger partial charge on any atom is -0.394 e. The van der Waals surface area contributed by atoms with Crippen molar-refractivity contribution in [1.29, 1.82) is 0 Å². The van der Waals surface area contributed by atoms with Gasteiger partial charge in [0.2, 0.25) is 11.7 Å². The Morgan fingerprint density at radius 2 is 2.33 bits per heavy atom. The summed E-state index contributed by atoms with van der Waals surface area (Å²) in [6.07, 6.45) is 4.58. The third-order valence-electron chi connectivity index (χ3n) is 1.75. The fourth-order valence-electron chi connectivity index (χ4n) is 0.983. The standard InChI is InChI=1S/C8H9N5O2/c9-5(4-14)8-12-7(13-15-8)6-3-10-1-2-11-6/h1-3,5,14H,4,9H2. The van der Waals surface area contributed by atoms with Crippen molar-refractivity contribution in [3.05, 3.63) is 24.5 Å². The lowest BCUT2D eigenvalue weighted by Crippen LogP contribution is -2.14. The summed E-state index contributed by atoms with van der Waals surface area (Å²) in [6.45, 7) is -0.248. The molecule has 0 amide bonds. The number of aliphatic hydroxyl groups excluding tert-OH is 1. The quantitative estimate of drug-likeness (QED) is 0.699. The number of aliphatic hydroxyl groups is 1. The van der Waals surface area contributed by atoms with E-state index in [4.69, 9.17) is 15.4 Å².